The molecular formula is C14H20O. The van der Waals surface area contributed by atoms with E-state index in [9.17, 15) is 5.11 Å². The highest BCUT2D eigenvalue weighted by atomic mass is 16.3. The van der Waals surface area contributed by atoms with E-state index < -0.39 is 5.60 Å². The summed E-state index contributed by atoms with van der Waals surface area (Å²) < 4.78 is 0. The Morgan fingerprint density at radius 2 is 1.93 bits per heavy atom. The summed E-state index contributed by atoms with van der Waals surface area (Å²) in [5.41, 5.74) is 2.15. The Morgan fingerprint density at radius 1 is 1.33 bits per heavy atom. The summed E-state index contributed by atoms with van der Waals surface area (Å²) in [6.07, 6.45) is 3.09. The van der Waals surface area contributed by atoms with E-state index >= 15 is 0 Å². The van der Waals surface area contributed by atoms with E-state index in [1.54, 1.807) is 0 Å². The van der Waals surface area contributed by atoms with Crippen LogP contribution in [0.4, 0.5) is 0 Å². The zero-order valence-corrected chi connectivity index (χ0v) is 9.88. The highest BCUT2D eigenvalue weighted by Gasteiger charge is 2.51. The fourth-order valence-electron chi connectivity index (χ4n) is 2.12. The van der Waals surface area contributed by atoms with Crippen molar-refractivity contribution in [1.82, 2.24) is 0 Å². The molecule has 0 saturated heterocycles. The lowest BCUT2D eigenvalue weighted by atomic mass is 9.81. The summed E-state index contributed by atoms with van der Waals surface area (Å²) >= 11 is 0. The topological polar surface area (TPSA) is 20.2 Å². The van der Waals surface area contributed by atoms with Gasteiger partial charge >= 0.3 is 0 Å². The van der Waals surface area contributed by atoms with Gasteiger partial charge in [0.2, 0.25) is 0 Å². The summed E-state index contributed by atoms with van der Waals surface area (Å²) in [6.45, 7) is 6.28. The van der Waals surface area contributed by atoms with Crippen LogP contribution in [0.3, 0.4) is 0 Å². The normalized spacial score (nSPS) is 22.1. The zero-order chi connectivity index (χ0) is 11.1. The van der Waals surface area contributed by atoms with Crippen LogP contribution >= 0.6 is 0 Å². The smallest absolute Gasteiger partial charge is 0.0713 e. The highest BCUT2D eigenvalue weighted by Crippen LogP contribution is 2.54. The molecule has 1 aromatic rings. The van der Waals surface area contributed by atoms with E-state index in [2.05, 4.69) is 26.0 Å². The maximum atomic E-state index is 10.5. The third-order valence-corrected chi connectivity index (χ3v) is 4.10. The first kappa shape index (κ1) is 10.7. The molecule has 0 heterocycles. The zero-order valence-electron chi connectivity index (χ0n) is 9.88. The van der Waals surface area contributed by atoms with Crippen LogP contribution in [0, 0.1) is 12.3 Å². The van der Waals surface area contributed by atoms with Gasteiger partial charge in [-0.2, -0.15) is 0 Å². The van der Waals surface area contributed by atoms with Crippen molar-refractivity contribution in [3.05, 3.63) is 35.4 Å². The van der Waals surface area contributed by atoms with Gasteiger partial charge in [0.05, 0.1) is 5.60 Å². The summed E-state index contributed by atoms with van der Waals surface area (Å²) in [5, 5.41) is 10.5. The van der Waals surface area contributed by atoms with Crippen molar-refractivity contribution in [1.29, 1.82) is 0 Å². The lowest BCUT2D eigenvalue weighted by molar-refractivity contribution is -0.00714. The molecule has 1 aliphatic rings. The predicted octanol–water partition coefficient (Wildman–Crippen LogP) is 3.09. The second-order valence-electron chi connectivity index (χ2n) is 5.44. The molecule has 1 saturated carbocycles. The molecule has 1 fully saturated rings. The van der Waals surface area contributed by atoms with Gasteiger partial charge in [0.15, 0.2) is 0 Å². The fourth-order valence-corrected chi connectivity index (χ4v) is 2.12. The average molecular weight is 204 g/mol. The molecule has 82 valence electrons. The van der Waals surface area contributed by atoms with E-state index in [-0.39, 0.29) is 5.41 Å². The van der Waals surface area contributed by atoms with Crippen molar-refractivity contribution in [2.75, 3.05) is 0 Å². The monoisotopic (exact) mass is 204 g/mol. The van der Waals surface area contributed by atoms with Crippen LogP contribution in [0.25, 0.3) is 0 Å². The molecule has 2 rings (SSSR count). The second-order valence-corrected chi connectivity index (χ2v) is 5.44. The van der Waals surface area contributed by atoms with Crippen molar-refractivity contribution < 1.29 is 5.11 Å². The van der Waals surface area contributed by atoms with Gasteiger partial charge in [-0.25, -0.2) is 0 Å². The third kappa shape index (κ3) is 1.93. The minimum atomic E-state index is -0.556. The standard InChI is InChI=1S/C14H20O/c1-11-6-4-5-7-12(11)10-14(3,15)13(2)8-9-13/h4-7,15H,8-10H2,1-3H3. The second kappa shape index (κ2) is 3.34. The van der Waals surface area contributed by atoms with Gasteiger partial charge in [-0.3, -0.25) is 0 Å². The number of hydrogen-bond acceptors (Lipinski definition) is 1. The summed E-state index contributed by atoms with van der Waals surface area (Å²) in [7, 11) is 0. The first-order valence-corrected chi connectivity index (χ1v) is 5.72. The third-order valence-electron chi connectivity index (χ3n) is 4.10. The SMILES string of the molecule is Cc1ccccc1CC(C)(O)C1(C)CC1. The summed E-state index contributed by atoms with van der Waals surface area (Å²) in [4.78, 5) is 0. The molecule has 1 heteroatoms. The van der Waals surface area contributed by atoms with Crippen LogP contribution in [0.15, 0.2) is 24.3 Å². The molecule has 1 atom stereocenters. The van der Waals surface area contributed by atoms with E-state index in [1.807, 2.05) is 19.1 Å². The van der Waals surface area contributed by atoms with Gasteiger partial charge in [0, 0.05) is 6.42 Å². The fraction of sp³-hybridized carbons (Fsp3) is 0.571. The largest absolute Gasteiger partial charge is 0.389 e. The van der Waals surface area contributed by atoms with Gasteiger partial charge in [-0.1, -0.05) is 31.2 Å². The van der Waals surface area contributed by atoms with Crippen molar-refractivity contribution in [3.8, 4) is 0 Å². The van der Waals surface area contributed by atoms with Gasteiger partial charge < -0.3 is 5.11 Å². The van der Waals surface area contributed by atoms with Crippen molar-refractivity contribution >= 4 is 0 Å². The van der Waals surface area contributed by atoms with E-state index in [1.165, 1.54) is 11.1 Å². The van der Waals surface area contributed by atoms with Crippen LogP contribution in [0.1, 0.15) is 37.8 Å². The molecule has 0 amide bonds. The Morgan fingerprint density at radius 3 is 2.47 bits per heavy atom. The summed E-state index contributed by atoms with van der Waals surface area (Å²) in [5.74, 6) is 0. The summed E-state index contributed by atoms with van der Waals surface area (Å²) in [6, 6.07) is 8.33. The highest BCUT2D eigenvalue weighted by molar-refractivity contribution is 5.28. The van der Waals surface area contributed by atoms with E-state index in [0.717, 1.165) is 19.3 Å². The minimum absolute atomic E-state index is 0.148. The van der Waals surface area contributed by atoms with Crippen LogP contribution in [0.5, 0.6) is 0 Å². The van der Waals surface area contributed by atoms with Crippen molar-refractivity contribution in [2.45, 2.75) is 45.6 Å². The molecule has 0 bridgehead atoms. The van der Waals surface area contributed by atoms with Gasteiger partial charge in [-0.05, 0) is 43.2 Å². The lowest BCUT2D eigenvalue weighted by Crippen LogP contribution is -2.37. The predicted molar refractivity (Wildman–Crippen MR) is 62.8 cm³/mol. The van der Waals surface area contributed by atoms with Crippen LogP contribution in [-0.2, 0) is 6.42 Å². The first-order valence-electron chi connectivity index (χ1n) is 5.72. The Hall–Kier alpha value is -0.820. The van der Waals surface area contributed by atoms with Crippen LogP contribution < -0.4 is 0 Å². The Bertz CT molecular complexity index is 361. The molecule has 1 N–H and O–H groups in total. The molecule has 0 aromatic heterocycles. The van der Waals surface area contributed by atoms with E-state index in [0.29, 0.717) is 0 Å². The molecule has 15 heavy (non-hydrogen) atoms. The Balaban J connectivity index is 2.18. The molecule has 1 nitrogen and oxygen atoms in total. The molecular weight excluding hydrogens is 184 g/mol. The Labute approximate surface area is 92.1 Å². The number of benzene rings is 1. The molecule has 0 radical (unpaired) electrons. The molecule has 1 unspecified atom stereocenters. The van der Waals surface area contributed by atoms with Crippen molar-refractivity contribution in [2.24, 2.45) is 5.41 Å². The number of aryl methyl sites for hydroxylation is 1. The number of rotatable bonds is 3. The lowest BCUT2D eigenvalue weighted by Gasteiger charge is -2.31. The maximum absolute atomic E-state index is 10.5. The first-order chi connectivity index (χ1) is 6.95. The number of aliphatic hydroxyl groups is 1. The molecule has 1 aromatic carbocycles. The number of hydrogen-bond donors (Lipinski definition) is 1. The Kier molecular flexibility index (Phi) is 2.38. The van der Waals surface area contributed by atoms with Gasteiger partial charge in [0.25, 0.3) is 0 Å². The van der Waals surface area contributed by atoms with Gasteiger partial charge in [-0.15, -0.1) is 0 Å². The van der Waals surface area contributed by atoms with E-state index in [4.69, 9.17) is 0 Å². The van der Waals surface area contributed by atoms with Crippen LogP contribution in [-0.4, -0.2) is 10.7 Å². The quantitative estimate of drug-likeness (QED) is 0.802. The average Bonchev–Trinajstić information content (AvgIpc) is 2.89. The molecule has 1 aliphatic carbocycles. The van der Waals surface area contributed by atoms with Gasteiger partial charge in [0.1, 0.15) is 0 Å². The molecule has 0 spiro atoms. The van der Waals surface area contributed by atoms with Crippen LogP contribution in [0.2, 0.25) is 0 Å². The molecule has 0 aliphatic heterocycles. The van der Waals surface area contributed by atoms with Crippen molar-refractivity contribution in [3.63, 3.8) is 0 Å². The minimum Gasteiger partial charge on any atom is -0.389 e. The maximum Gasteiger partial charge on any atom is 0.0713 e.